The number of hydrogen-bond donors (Lipinski definition) is 1. The molecular formula is C20H16Cl2N2O2S. The zero-order chi connectivity index (χ0) is 19.2. The highest BCUT2D eigenvalue weighted by Crippen LogP contribution is 2.27. The van der Waals surface area contributed by atoms with Crippen LogP contribution < -0.4 is 5.43 Å². The van der Waals surface area contributed by atoms with Crippen LogP contribution in [0.25, 0.3) is 11.3 Å². The Balaban J connectivity index is 1.54. The third-order valence-corrected chi connectivity index (χ3v) is 5.16. The average molecular weight is 419 g/mol. The van der Waals surface area contributed by atoms with Crippen molar-refractivity contribution in [3.8, 4) is 11.3 Å². The number of hydrazone groups is 1. The van der Waals surface area contributed by atoms with E-state index in [4.69, 9.17) is 27.6 Å². The summed E-state index contributed by atoms with van der Waals surface area (Å²) in [5.41, 5.74) is 4.47. The van der Waals surface area contributed by atoms with Gasteiger partial charge in [-0.3, -0.25) is 4.79 Å². The zero-order valence-corrected chi connectivity index (χ0v) is 16.7. The standard InChI is InChI=1S/C20H16Cl2N2O2S/c1-13-2-3-15(22)10-18(13)19-9-6-16(26-19)11-23-24-20(25)12-27-17-7-4-14(21)5-8-17/h2-11H,12H2,1H3,(H,24,25)/b23-11-. The van der Waals surface area contributed by atoms with Crippen molar-refractivity contribution in [1.82, 2.24) is 5.43 Å². The molecule has 0 fully saturated rings. The van der Waals surface area contributed by atoms with E-state index in [0.717, 1.165) is 16.0 Å². The normalized spacial score (nSPS) is 11.1. The fourth-order valence-corrected chi connectivity index (χ4v) is 3.30. The number of nitrogens with one attached hydrogen (secondary N) is 1. The molecule has 0 saturated heterocycles. The number of thioether (sulfide) groups is 1. The van der Waals surface area contributed by atoms with Crippen molar-refractivity contribution in [2.75, 3.05) is 5.75 Å². The van der Waals surface area contributed by atoms with E-state index in [1.165, 1.54) is 18.0 Å². The van der Waals surface area contributed by atoms with E-state index in [9.17, 15) is 4.79 Å². The van der Waals surface area contributed by atoms with Crippen molar-refractivity contribution in [3.63, 3.8) is 0 Å². The Bertz CT molecular complexity index is 968. The number of rotatable bonds is 6. The summed E-state index contributed by atoms with van der Waals surface area (Å²) in [4.78, 5) is 12.8. The Morgan fingerprint density at radius 1 is 1.11 bits per heavy atom. The highest BCUT2D eigenvalue weighted by Gasteiger charge is 2.08. The largest absolute Gasteiger partial charge is 0.455 e. The van der Waals surface area contributed by atoms with Gasteiger partial charge < -0.3 is 4.42 Å². The van der Waals surface area contributed by atoms with E-state index in [2.05, 4.69) is 10.5 Å². The van der Waals surface area contributed by atoms with Crippen molar-refractivity contribution in [1.29, 1.82) is 0 Å². The topological polar surface area (TPSA) is 54.6 Å². The predicted octanol–water partition coefficient (Wildman–Crippen LogP) is 5.80. The maximum absolute atomic E-state index is 11.9. The van der Waals surface area contributed by atoms with E-state index in [-0.39, 0.29) is 11.7 Å². The van der Waals surface area contributed by atoms with Crippen LogP contribution in [-0.2, 0) is 4.79 Å². The van der Waals surface area contributed by atoms with Gasteiger partial charge in [-0.05, 0) is 61.0 Å². The molecule has 3 rings (SSSR count). The molecule has 0 aliphatic rings. The van der Waals surface area contributed by atoms with Crippen LogP contribution in [0.3, 0.4) is 0 Å². The van der Waals surface area contributed by atoms with Crippen molar-refractivity contribution in [3.05, 3.63) is 76.0 Å². The molecular weight excluding hydrogens is 403 g/mol. The first kappa shape index (κ1) is 19.5. The molecule has 0 unspecified atom stereocenters. The molecule has 2 aromatic carbocycles. The molecule has 0 spiro atoms. The molecule has 0 radical (unpaired) electrons. The van der Waals surface area contributed by atoms with Gasteiger partial charge in [0.2, 0.25) is 5.91 Å². The molecule has 1 amide bonds. The monoisotopic (exact) mass is 418 g/mol. The number of carbonyl (C=O) groups is 1. The summed E-state index contributed by atoms with van der Waals surface area (Å²) in [5, 5.41) is 5.25. The van der Waals surface area contributed by atoms with E-state index < -0.39 is 0 Å². The summed E-state index contributed by atoms with van der Waals surface area (Å²) in [6.07, 6.45) is 1.47. The lowest BCUT2D eigenvalue weighted by Gasteiger charge is -2.02. The van der Waals surface area contributed by atoms with E-state index in [0.29, 0.717) is 21.6 Å². The van der Waals surface area contributed by atoms with Gasteiger partial charge in [-0.15, -0.1) is 11.8 Å². The average Bonchev–Trinajstić information content (AvgIpc) is 3.12. The van der Waals surface area contributed by atoms with Gasteiger partial charge in [0.1, 0.15) is 11.5 Å². The highest BCUT2D eigenvalue weighted by atomic mass is 35.5. The summed E-state index contributed by atoms with van der Waals surface area (Å²) in [6.45, 7) is 1.99. The molecule has 27 heavy (non-hydrogen) atoms. The minimum atomic E-state index is -0.205. The lowest BCUT2D eigenvalue weighted by Crippen LogP contribution is -2.19. The lowest BCUT2D eigenvalue weighted by molar-refractivity contribution is -0.118. The van der Waals surface area contributed by atoms with Crippen LogP contribution >= 0.6 is 35.0 Å². The zero-order valence-electron chi connectivity index (χ0n) is 14.4. The van der Waals surface area contributed by atoms with Crippen molar-refractivity contribution < 1.29 is 9.21 Å². The van der Waals surface area contributed by atoms with Crippen LogP contribution in [0.2, 0.25) is 10.0 Å². The maximum Gasteiger partial charge on any atom is 0.250 e. The van der Waals surface area contributed by atoms with Gasteiger partial charge in [-0.1, -0.05) is 29.3 Å². The van der Waals surface area contributed by atoms with E-state index >= 15 is 0 Å². The van der Waals surface area contributed by atoms with Crippen LogP contribution in [-0.4, -0.2) is 17.9 Å². The van der Waals surface area contributed by atoms with Crippen molar-refractivity contribution in [2.24, 2.45) is 5.10 Å². The summed E-state index contributed by atoms with van der Waals surface area (Å²) >= 11 is 13.3. The first-order valence-corrected chi connectivity index (χ1v) is 9.82. The highest BCUT2D eigenvalue weighted by molar-refractivity contribution is 8.00. The molecule has 7 heteroatoms. The molecule has 0 atom stereocenters. The number of nitrogens with zero attached hydrogens (tertiary/aromatic N) is 1. The van der Waals surface area contributed by atoms with Gasteiger partial charge in [0.25, 0.3) is 0 Å². The Morgan fingerprint density at radius 3 is 2.63 bits per heavy atom. The molecule has 1 heterocycles. The Hall–Kier alpha value is -2.21. The lowest BCUT2D eigenvalue weighted by atomic mass is 10.1. The minimum absolute atomic E-state index is 0.205. The molecule has 0 aliphatic heterocycles. The molecule has 0 aliphatic carbocycles. The van der Waals surface area contributed by atoms with Crippen LogP contribution in [0.4, 0.5) is 0 Å². The Kier molecular flexibility index (Phi) is 6.61. The first-order valence-electron chi connectivity index (χ1n) is 8.08. The number of carbonyl (C=O) groups excluding carboxylic acids is 1. The molecule has 4 nitrogen and oxygen atoms in total. The van der Waals surface area contributed by atoms with Crippen molar-refractivity contribution in [2.45, 2.75) is 11.8 Å². The minimum Gasteiger partial charge on any atom is -0.455 e. The molecule has 138 valence electrons. The van der Waals surface area contributed by atoms with Crippen molar-refractivity contribution >= 4 is 47.1 Å². The van der Waals surface area contributed by atoms with Crippen LogP contribution in [0.15, 0.2) is 69.0 Å². The molecule has 0 bridgehead atoms. The van der Waals surface area contributed by atoms with Gasteiger partial charge in [0, 0.05) is 20.5 Å². The Labute approximate surface area is 171 Å². The van der Waals surface area contributed by atoms with E-state index in [1.54, 1.807) is 18.2 Å². The van der Waals surface area contributed by atoms with Crippen LogP contribution in [0.5, 0.6) is 0 Å². The number of halogens is 2. The smallest absolute Gasteiger partial charge is 0.250 e. The van der Waals surface area contributed by atoms with Gasteiger partial charge in [0.15, 0.2) is 0 Å². The van der Waals surface area contributed by atoms with Gasteiger partial charge >= 0.3 is 0 Å². The number of furan rings is 1. The van der Waals surface area contributed by atoms with Gasteiger partial charge in [-0.2, -0.15) is 5.10 Å². The third-order valence-electron chi connectivity index (χ3n) is 3.66. The Morgan fingerprint density at radius 2 is 1.85 bits per heavy atom. The predicted molar refractivity (Wildman–Crippen MR) is 112 cm³/mol. The number of hydrogen-bond acceptors (Lipinski definition) is 4. The third kappa shape index (κ3) is 5.63. The molecule has 1 N–H and O–H groups in total. The fraction of sp³-hybridized carbons (Fsp3) is 0.100. The number of aryl methyl sites for hydroxylation is 1. The van der Waals surface area contributed by atoms with Gasteiger partial charge in [0.05, 0.1) is 12.0 Å². The second kappa shape index (κ2) is 9.13. The number of benzene rings is 2. The first-order chi connectivity index (χ1) is 13.0. The summed E-state index contributed by atoms with van der Waals surface area (Å²) < 4.78 is 5.75. The molecule has 0 saturated carbocycles. The summed E-state index contributed by atoms with van der Waals surface area (Å²) in [5.74, 6) is 1.28. The second-order valence-electron chi connectivity index (χ2n) is 5.70. The SMILES string of the molecule is Cc1ccc(Cl)cc1-c1ccc(/C=N\NC(=O)CSc2ccc(Cl)cc2)o1. The second-order valence-corrected chi connectivity index (χ2v) is 7.62. The summed E-state index contributed by atoms with van der Waals surface area (Å²) in [6, 6.07) is 16.6. The van der Waals surface area contributed by atoms with Gasteiger partial charge in [-0.25, -0.2) is 5.43 Å². The fourth-order valence-electron chi connectivity index (χ4n) is 2.31. The molecule has 3 aromatic rings. The summed E-state index contributed by atoms with van der Waals surface area (Å²) in [7, 11) is 0. The number of amides is 1. The quantitative estimate of drug-likeness (QED) is 0.312. The maximum atomic E-state index is 11.9. The van der Waals surface area contributed by atoms with Crippen LogP contribution in [0, 0.1) is 6.92 Å². The van der Waals surface area contributed by atoms with Crippen LogP contribution in [0.1, 0.15) is 11.3 Å². The van der Waals surface area contributed by atoms with E-state index in [1.807, 2.05) is 43.3 Å². The molecule has 1 aromatic heterocycles.